The molecule has 0 aliphatic rings. The quantitative estimate of drug-likeness (QED) is 0.676. The van der Waals surface area contributed by atoms with Crippen molar-refractivity contribution in [3.63, 3.8) is 0 Å². The Balaban J connectivity index is 1.76. The molecule has 4 nitrogen and oxygen atoms in total. The molecule has 0 saturated carbocycles. The topological polar surface area (TPSA) is 64.3 Å². The van der Waals surface area contributed by atoms with Gasteiger partial charge in [-0.3, -0.25) is 0 Å². The smallest absolute Gasteiger partial charge is 0.408 e. The average Bonchev–Trinajstić information content (AvgIpc) is 2.50. The first-order chi connectivity index (χ1) is 10.6. The summed E-state index contributed by atoms with van der Waals surface area (Å²) in [5.41, 5.74) is 7.17. The summed E-state index contributed by atoms with van der Waals surface area (Å²) in [6.07, 6.45) is -0.558. The zero-order valence-corrected chi connectivity index (χ0v) is 11.8. The number of carbonyl (C=O) groups is 1. The number of halogens is 1. The number of hydrogen-bond acceptors (Lipinski definition) is 3. The van der Waals surface area contributed by atoms with Crippen molar-refractivity contribution < 1.29 is 13.9 Å². The van der Waals surface area contributed by atoms with Crippen LogP contribution in [0.2, 0.25) is 0 Å². The standard InChI is InChI=1S/C17H15FN2O2/c18-15-9-14(10-16(19)11-15)7-4-8-20-17(21)22-12-13-5-2-1-3-6-13/h1-3,5-6,9-11H,8,12,19H2,(H,20,21). The van der Waals surface area contributed by atoms with E-state index in [9.17, 15) is 9.18 Å². The van der Waals surface area contributed by atoms with Crippen LogP contribution in [-0.4, -0.2) is 12.6 Å². The molecule has 0 aliphatic heterocycles. The summed E-state index contributed by atoms with van der Waals surface area (Å²) < 4.78 is 18.1. The number of nitrogens with two attached hydrogens (primary N) is 1. The van der Waals surface area contributed by atoms with Crippen molar-refractivity contribution in [2.45, 2.75) is 6.61 Å². The van der Waals surface area contributed by atoms with Gasteiger partial charge in [-0.25, -0.2) is 9.18 Å². The minimum absolute atomic E-state index is 0.101. The molecule has 0 radical (unpaired) electrons. The number of anilines is 1. The highest BCUT2D eigenvalue weighted by molar-refractivity contribution is 5.67. The summed E-state index contributed by atoms with van der Waals surface area (Å²) in [5.74, 6) is 4.97. The molecule has 0 unspecified atom stereocenters. The first-order valence-electron chi connectivity index (χ1n) is 6.63. The first kappa shape index (κ1) is 15.4. The summed E-state index contributed by atoms with van der Waals surface area (Å²) in [4.78, 5) is 11.5. The van der Waals surface area contributed by atoms with E-state index in [0.29, 0.717) is 11.3 Å². The van der Waals surface area contributed by atoms with E-state index in [1.165, 1.54) is 12.1 Å². The largest absolute Gasteiger partial charge is 0.445 e. The molecule has 0 bridgehead atoms. The molecule has 0 aliphatic carbocycles. The minimum Gasteiger partial charge on any atom is -0.445 e. The van der Waals surface area contributed by atoms with Gasteiger partial charge in [0, 0.05) is 11.3 Å². The monoisotopic (exact) mass is 298 g/mol. The van der Waals surface area contributed by atoms with Crippen LogP contribution >= 0.6 is 0 Å². The maximum Gasteiger partial charge on any atom is 0.408 e. The first-order valence-corrected chi connectivity index (χ1v) is 6.63. The van der Waals surface area contributed by atoms with Crippen molar-refractivity contribution in [3.05, 3.63) is 65.5 Å². The van der Waals surface area contributed by atoms with Crippen LogP contribution in [0.25, 0.3) is 0 Å². The molecule has 0 atom stereocenters. The number of carbonyl (C=O) groups excluding carboxylic acids is 1. The lowest BCUT2D eigenvalue weighted by Gasteiger charge is -2.04. The molecule has 2 aromatic rings. The van der Waals surface area contributed by atoms with Gasteiger partial charge in [-0.1, -0.05) is 42.2 Å². The van der Waals surface area contributed by atoms with E-state index >= 15 is 0 Å². The zero-order chi connectivity index (χ0) is 15.8. The zero-order valence-electron chi connectivity index (χ0n) is 11.8. The van der Waals surface area contributed by atoms with E-state index in [1.54, 1.807) is 6.07 Å². The maximum absolute atomic E-state index is 13.1. The summed E-state index contributed by atoms with van der Waals surface area (Å²) in [6, 6.07) is 13.4. The number of alkyl carbamates (subject to hydrolysis) is 1. The van der Waals surface area contributed by atoms with E-state index in [2.05, 4.69) is 17.2 Å². The molecule has 2 aromatic carbocycles. The fourth-order valence-electron chi connectivity index (χ4n) is 1.72. The molecule has 2 rings (SSSR count). The van der Waals surface area contributed by atoms with Gasteiger partial charge in [0.05, 0.1) is 6.54 Å². The van der Waals surface area contributed by atoms with E-state index in [-0.39, 0.29) is 13.2 Å². The number of benzene rings is 2. The molecule has 0 saturated heterocycles. The predicted octanol–water partition coefficient (Wildman–Crippen LogP) is 2.69. The van der Waals surface area contributed by atoms with Crippen molar-refractivity contribution in [1.29, 1.82) is 0 Å². The summed E-state index contributed by atoms with van der Waals surface area (Å²) in [7, 11) is 0. The SMILES string of the molecule is Nc1cc(F)cc(C#CCNC(=O)OCc2ccccc2)c1. The van der Waals surface area contributed by atoms with Crippen LogP contribution in [0.15, 0.2) is 48.5 Å². The summed E-state index contributed by atoms with van der Waals surface area (Å²) >= 11 is 0. The van der Waals surface area contributed by atoms with E-state index in [4.69, 9.17) is 10.5 Å². The Morgan fingerprint density at radius 2 is 2.00 bits per heavy atom. The minimum atomic E-state index is -0.558. The van der Waals surface area contributed by atoms with Crippen LogP contribution in [0.3, 0.4) is 0 Å². The molecular formula is C17H15FN2O2. The molecule has 22 heavy (non-hydrogen) atoms. The van der Waals surface area contributed by atoms with Crippen LogP contribution in [0.4, 0.5) is 14.9 Å². The third kappa shape index (κ3) is 5.17. The maximum atomic E-state index is 13.1. The van der Waals surface area contributed by atoms with Crippen LogP contribution in [0.5, 0.6) is 0 Å². The third-order valence-corrected chi connectivity index (χ3v) is 2.69. The van der Waals surface area contributed by atoms with Gasteiger partial charge in [-0.2, -0.15) is 0 Å². The lowest BCUT2D eigenvalue weighted by Crippen LogP contribution is -2.24. The Kier molecular flexibility index (Phi) is 5.38. The molecule has 0 aromatic heterocycles. The number of rotatable bonds is 3. The Morgan fingerprint density at radius 1 is 1.23 bits per heavy atom. The number of nitrogen functional groups attached to an aromatic ring is 1. The van der Waals surface area contributed by atoms with Crippen LogP contribution < -0.4 is 11.1 Å². The molecular weight excluding hydrogens is 283 g/mol. The van der Waals surface area contributed by atoms with Crippen molar-refractivity contribution in [3.8, 4) is 11.8 Å². The molecule has 3 N–H and O–H groups in total. The third-order valence-electron chi connectivity index (χ3n) is 2.69. The lowest BCUT2D eigenvalue weighted by atomic mass is 10.2. The second kappa shape index (κ2) is 7.70. The van der Waals surface area contributed by atoms with Gasteiger partial charge in [-0.05, 0) is 23.8 Å². The van der Waals surface area contributed by atoms with Gasteiger partial charge < -0.3 is 15.8 Å². The van der Waals surface area contributed by atoms with Gasteiger partial charge in [0.1, 0.15) is 12.4 Å². The molecule has 112 valence electrons. The fourth-order valence-corrected chi connectivity index (χ4v) is 1.72. The van der Waals surface area contributed by atoms with Crippen molar-refractivity contribution in [1.82, 2.24) is 5.32 Å². The summed E-state index contributed by atoms with van der Waals surface area (Å²) in [6.45, 7) is 0.296. The Morgan fingerprint density at radius 3 is 2.73 bits per heavy atom. The number of amides is 1. The van der Waals surface area contributed by atoms with E-state index < -0.39 is 11.9 Å². The van der Waals surface area contributed by atoms with Crippen molar-refractivity contribution in [2.75, 3.05) is 12.3 Å². The number of ether oxygens (including phenoxy) is 1. The van der Waals surface area contributed by atoms with Crippen LogP contribution in [0, 0.1) is 17.7 Å². The number of hydrogen-bond donors (Lipinski definition) is 2. The highest BCUT2D eigenvalue weighted by Gasteiger charge is 2.00. The van der Waals surface area contributed by atoms with Crippen molar-refractivity contribution in [2.24, 2.45) is 0 Å². The molecule has 5 heteroatoms. The Hall–Kier alpha value is -3.00. The van der Waals surface area contributed by atoms with E-state index in [0.717, 1.165) is 5.56 Å². The Bertz CT molecular complexity index is 685. The van der Waals surface area contributed by atoms with Gasteiger partial charge in [-0.15, -0.1) is 0 Å². The van der Waals surface area contributed by atoms with Crippen LogP contribution in [0.1, 0.15) is 11.1 Å². The fraction of sp³-hybridized carbons (Fsp3) is 0.118. The normalized spacial score (nSPS) is 9.50. The van der Waals surface area contributed by atoms with Crippen molar-refractivity contribution >= 4 is 11.8 Å². The van der Waals surface area contributed by atoms with Gasteiger partial charge in [0.15, 0.2) is 0 Å². The second-order valence-corrected chi connectivity index (χ2v) is 4.49. The highest BCUT2D eigenvalue weighted by atomic mass is 19.1. The van der Waals surface area contributed by atoms with Gasteiger partial charge >= 0.3 is 6.09 Å². The molecule has 0 fully saturated rings. The lowest BCUT2D eigenvalue weighted by molar-refractivity contribution is 0.141. The summed E-state index contributed by atoms with van der Waals surface area (Å²) in [5, 5.41) is 2.49. The Labute approximate surface area is 128 Å². The molecule has 0 spiro atoms. The van der Waals surface area contributed by atoms with Crippen LogP contribution in [-0.2, 0) is 11.3 Å². The second-order valence-electron chi connectivity index (χ2n) is 4.49. The average molecular weight is 298 g/mol. The van der Waals surface area contributed by atoms with E-state index in [1.807, 2.05) is 30.3 Å². The molecule has 1 amide bonds. The predicted molar refractivity (Wildman–Crippen MR) is 82.3 cm³/mol. The van der Waals surface area contributed by atoms with Gasteiger partial charge in [0.2, 0.25) is 0 Å². The highest BCUT2D eigenvalue weighted by Crippen LogP contribution is 2.09. The molecule has 0 heterocycles. The van der Waals surface area contributed by atoms with Gasteiger partial charge in [0.25, 0.3) is 0 Å². The number of nitrogens with one attached hydrogen (secondary N) is 1.